The van der Waals surface area contributed by atoms with Crippen molar-refractivity contribution >= 4 is 28.9 Å². The molecule has 0 amide bonds. The number of nitro benzene ring substituents is 1. The van der Waals surface area contributed by atoms with Gasteiger partial charge in [0.15, 0.2) is 0 Å². The summed E-state index contributed by atoms with van der Waals surface area (Å²) in [6, 6.07) is 16.3. The molecule has 2 heterocycles. The van der Waals surface area contributed by atoms with Crippen molar-refractivity contribution < 1.29 is 4.92 Å². The predicted molar refractivity (Wildman–Crippen MR) is 119 cm³/mol. The van der Waals surface area contributed by atoms with Crippen LogP contribution in [0.5, 0.6) is 0 Å². The van der Waals surface area contributed by atoms with Gasteiger partial charge >= 0.3 is 0 Å². The Morgan fingerprint density at radius 3 is 2.57 bits per heavy atom. The lowest BCUT2D eigenvalue weighted by atomic mass is 10.1. The number of aromatic nitrogens is 2. The molecule has 0 aliphatic heterocycles. The van der Waals surface area contributed by atoms with E-state index in [0.717, 1.165) is 22.6 Å². The second-order valence-corrected chi connectivity index (χ2v) is 7.61. The lowest BCUT2D eigenvalue weighted by Crippen LogP contribution is -2.11. The van der Waals surface area contributed by atoms with Gasteiger partial charge < -0.3 is 4.98 Å². The number of rotatable bonds is 5. The molecule has 8 heteroatoms. The fourth-order valence-electron chi connectivity index (χ4n) is 2.89. The minimum atomic E-state index is -0.407. The average molecular weight is 417 g/mol. The summed E-state index contributed by atoms with van der Waals surface area (Å²) in [7, 11) is 0. The molecule has 0 fully saturated rings. The first-order valence-corrected chi connectivity index (χ1v) is 10.1. The van der Waals surface area contributed by atoms with E-state index < -0.39 is 4.92 Å². The molecule has 2 aromatic carbocycles. The fourth-order valence-corrected chi connectivity index (χ4v) is 3.75. The van der Waals surface area contributed by atoms with E-state index in [9.17, 15) is 10.1 Å². The highest BCUT2D eigenvalue weighted by Gasteiger charge is 2.11. The molecule has 7 nitrogen and oxygen atoms in total. The molecule has 4 rings (SSSR count). The highest BCUT2D eigenvalue weighted by Crippen LogP contribution is 2.24. The van der Waals surface area contributed by atoms with Gasteiger partial charge in [0.2, 0.25) is 4.80 Å². The number of hydrogen-bond acceptors (Lipinski definition) is 5. The van der Waals surface area contributed by atoms with Gasteiger partial charge in [-0.15, -0.1) is 11.3 Å². The number of aromatic amines is 1. The average Bonchev–Trinajstić information content (AvgIpc) is 3.39. The van der Waals surface area contributed by atoms with Gasteiger partial charge in [0, 0.05) is 29.3 Å². The zero-order chi connectivity index (χ0) is 21.1. The van der Waals surface area contributed by atoms with Crippen molar-refractivity contribution in [1.29, 1.82) is 0 Å². The summed E-state index contributed by atoms with van der Waals surface area (Å²) >= 11 is 1.46. The number of nitrogens with one attached hydrogen (secondary N) is 1. The first-order valence-electron chi connectivity index (χ1n) is 9.26. The van der Waals surface area contributed by atoms with Gasteiger partial charge in [-0.25, -0.2) is 9.67 Å². The van der Waals surface area contributed by atoms with Crippen LogP contribution in [0, 0.1) is 24.0 Å². The highest BCUT2D eigenvalue weighted by atomic mass is 32.1. The summed E-state index contributed by atoms with van der Waals surface area (Å²) in [6.07, 6.45) is 3.55. The largest absolute Gasteiger partial charge is 0.360 e. The highest BCUT2D eigenvalue weighted by molar-refractivity contribution is 7.07. The zero-order valence-corrected chi connectivity index (χ0v) is 17.3. The Morgan fingerprint density at radius 1 is 1.10 bits per heavy atom. The Bertz CT molecular complexity index is 1280. The van der Waals surface area contributed by atoms with E-state index in [1.807, 2.05) is 41.9 Å². The lowest BCUT2D eigenvalue weighted by molar-refractivity contribution is -0.384. The lowest BCUT2D eigenvalue weighted by Gasteiger charge is -2.04. The summed E-state index contributed by atoms with van der Waals surface area (Å²) < 4.78 is 1.75. The van der Waals surface area contributed by atoms with Gasteiger partial charge in [0.05, 0.1) is 28.2 Å². The minimum absolute atomic E-state index is 0.0513. The number of nitro groups is 1. The van der Waals surface area contributed by atoms with E-state index in [0.29, 0.717) is 4.80 Å². The molecular weight excluding hydrogens is 398 g/mol. The third kappa shape index (κ3) is 4.13. The monoisotopic (exact) mass is 417 g/mol. The Labute approximate surface area is 176 Å². The van der Waals surface area contributed by atoms with E-state index in [-0.39, 0.29) is 5.69 Å². The maximum Gasteiger partial charge on any atom is 0.269 e. The number of benzene rings is 2. The van der Waals surface area contributed by atoms with Gasteiger partial charge in [-0.3, -0.25) is 10.1 Å². The second kappa shape index (κ2) is 8.30. The molecule has 0 saturated heterocycles. The minimum Gasteiger partial charge on any atom is -0.360 e. The molecule has 0 saturated carbocycles. The number of thiazole rings is 1. The van der Waals surface area contributed by atoms with Gasteiger partial charge in [-0.2, -0.15) is 5.10 Å². The first kappa shape index (κ1) is 19.5. The topological polar surface area (TPSA) is 88.6 Å². The summed E-state index contributed by atoms with van der Waals surface area (Å²) in [6.45, 7) is 4.13. The quantitative estimate of drug-likeness (QED) is 0.275. The molecule has 0 radical (unpaired) electrons. The van der Waals surface area contributed by atoms with Crippen molar-refractivity contribution in [2.45, 2.75) is 13.8 Å². The number of hydrogen-bond donors (Lipinski definition) is 1. The van der Waals surface area contributed by atoms with E-state index in [4.69, 9.17) is 4.99 Å². The molecule has 1 N–H and O–H groups in total. The van der Waals surface area contributed by atoms with Crippen molar-refractivity contribution in [3.05, 3.63) is 97.9 Å². The molecule has 0 aliphatic rings. The standard InChI is InChI=1S/C22H19N5O2S/c1-15-5-8-18(12-16(15)2)25-22-26(24-13-19-4-3-11-23-19)21(14-30-22)17-6-9-20(10-7-17)27(28)29/h3-14,23H,1-2H3. The van der Waals surface area contributed by atoms with Crippen LogP contribution in [0.15, 0.2) is 76.3 Å². The van der Waals surface area contributed by atoms with Crippen LogP contribution >= 0.6 is 11.3 Å². The van der Waals surface area contributed by atoms with Crippen LogP contribution in [-0.2, 0) is 0 Å². The molecule has 0 spiro atoms. The SMILES string of the molecule is Cc1ccc(N=c2scc(-c3ccc([N+](=O)[O-])cc3)n2N=Cc2ccc[nH]2)cc1C. The van der Waals surface area contributed by atoms with Crippen molar-refractivity contribution in [1.82, 2.24) is 9.66 Å². The van der Waals surface area contributed by atoms with E-state index in [1.54, 1.807) is 23.0 Å². The number of nitrogens with zero attached hydrogens (tertiary/aromatic N) is 4. The summed E-state index contributed by atoms with van der Waals surface area (Å²) in [5, 5.41) is 17.5. The van der Waals surface area contributed by atoms with Crippen LogP contribution in [0.3, 0.4) is 0 Å². The van der Waals surface area contributed by atoms with Gasteiger partial charge in [-0.1, -0.05) is 6.07 Å². The third-order valence-electron chi connectivity index (χ3n) is 4.71. The van der Waals surface area contributed by atoms with E-state index in [1.165, 1.54) is 34.6 Å². The van der Waals surface area contributed by atoms with E-state index >= 15 is 0 Å². The fraction of sp³-hybridized carbons (Fsp3) is 0.0909. The van der Waals surface area contributed by atoms with Crippen molar-refractivity contribution in [3.63, 3.8) is 0 Å². The molecular formula is C22H19N5O2S. The van der Waals surface area contributed by atoms with Crippen LogP contribution < -0.4 is 4.80 Å². The Hall–Kier alpha value is -3.78. The summed E-state index contributed by atoms with van der Waals surface area (Å²) in [5.74, 6) is 0. The number of aryl methyl sites for hydroxylation is 2. The maximum absolute atomic E-state index is 11.0. The Kier molecular flexibility index (Phi) is 5.40. The zero-order valence-electron chi connectivity index (χ0n) is 16.4. The van der Waals surface area contributed by atoms with Crippen LogP contribution in [0.25, 0.3) is 11.3 Å². The molecule has 150 valence electrons. The van der Waals surface area contributed by atoms with Crippen LogP contribution in [0.2, 0.25) is 0 Å². The van der Waals surface area contributed by atoms with Crippen molar-refractivity contribution in [2.24, 2.45) is 10.1 Å². The van der Waals surface area contributed by atoms with Crippen molar-refractivity contribution in [2.75, 3.05) is 0 Å². The third-order valence-corrected chi connectivity index (χ3v) is 5.52. The van der Waals surface area contributed by atoms with Gasteiger partial charge in [-0.05, 0) is 61.4 Å². The van der Waals surface area contributed by atoms with Gasteiger partial charge in [0.1, 0.15) is 0 Å². The molecule has 0 aliphatic carbocycles. The van der Waals surface area contributed by atoms with Crippen LogP contribution in [0.4, 0.5) is 11.4 Å². The second-order valence-electron chi connectivity index (χ2n) is 6.77. The predicted octanol–water partition coefficient (Wildman–Crippen LogP) is 5.18. The summed E-state index contributed by atoms with van der Waals surface area (Å²) in [5.41, 5.74) is 5.77. The Morgan fingerprint density at radius 2 is 1.90 bits per heavy atom. The molecule has 2 aromatic heterocycles. The normalized spacial score (nSPS) is 12.0. The van der Waals surface area contributed by atoms with Crippen LogP contribution in [-0.4, -0.2) is 20.8 Å². The number of H-pyrrole nitrogens is 1. The Balaban J connectivity index is 1.83. The summed E-state index contributed by atoms with van der Waals surface area (Å²) in [4.78, 5) is 19.1. The molecule has 0 bridgehead atoms. The number of non-ortho nitro benzene ring substituents is 1. The smallest absolute Gasteiger partial charge is 0.269 e. The van der Waals surface area contributed by atoms with Crippen molar-refractivity contribution in [3.8, 4) is 11.3 Å². The molecule has 0 atom stereocenters. The first-order chi connectivity index (χ1) is 14.5. The maximum atomic E-state index is 11.0. The van der Waals surface area contributed by atoms with E-state index in [2.05, 4.69) is 23.9 Å². The molecule has 0 unspecified atom stereocenters. The molecule has 4 aromatic rings. The molecule has 30 heavy (non-hydrogen) atoms. The van der Waals surface area contributed by atoms with Gasteiger partial charge in [0.25, 0.3) is 5.69 Å². The van der Waals surface area contributed by atoms with Crippen LogP contribution in [0.1, 0.15) is 16.8 Å².